The van der Waals surface area contributed by atoms with Gasteiger partial charge < -0.3 is 89.9 Å². The van der Waals surface area contributed by atoms with E-state index < -0.39 is 124 Å². The number of unbranched alkanes of at least 4 members (excludes halogenated alkanes) is 31. The molecular weight excluding hydrogens is 1200 g/mol. The number of carbonyl (C=O) groups excluding carboxylic acids is 1. The van der Waals surface area contributed by atoms with Crippen LogP contribution >= 0.6 is 0 Å². The highest BCUT2D eigenvalue weighted by molar-refractivity contribution is 5.76. The number of hydrogen-bond donors (Lipinski definition) is 12. The Morgan fingerprint density at radius 2 is 0.745 bits per heavy atom. The van der Waals surface area contributed by atoms with E-state index in [-0.39, 0.29) is 18.9 Å². The minimum atomic E-state index is -1.99. The van der Waals surface area contributed by atoms with Gasteiger partial charge in [-0.25, -0.2) is 0 Å². The van der Waals surface area contributed by atoms with Crippen LogP contribution in [-0.4, -0.2) is 193 Å². The molecule has 19 heteroatoms. The van der Waals surface area contributed by atoms with Gasteiger partial charge >= 0.3 is 0 Å². The standard InChI is InChI=1S/C75H133NO18/c1-3-5-7-9-11-13-15-17-19-21-23-25-26-27-28-29-30-31-33-34-36-38-40-42-44-46-48-50-52-59(80)58(76-63(81)53-51-49-47-45-43-41-39-37-35-32-24-22-20-18-16-14-12-10-8-6-4-2)57-89-73-69(87)66(84)71(61(55-78)91-73)94-75-70(88)67(85)72(62(56-79)92-75)93-74-68(86)65(83)64(82)60(54-77)90-74/h6,8,12,14,18,20,24,32,42,44,50,52,58-62,64-75,77-80,82-88H,3-5,7,9-11,13,15-17,19,21-23,25-31,33-41,43,45-49,51,53-57H2,1-2H3,(H,76,81)/b8-6-,14-12-,20-18-,32-24-,44-42+,52-50+. The third kappa shape index (κ3) is 36.9. The van der Waals surface area contributed by atoms with Crippen molar-refractivity contribution in [1.29, 1.82) is 0 Å². The first-order valence-corrected chi connectivity index (χ1v) is 37.2. The lowest BCUT2D eigenvalue weighted by Crippen LogP contribution is -2.66. The van der Waals surface area contributed by atoms with E-state index in [4.69, 9.17) is 28.4 Å². The van der Waals surface area contributed by atoms with E-state index in [9.17, 15) is 61.0 Å². The third-order valence-corrected chi connectivity index (χ3v) is 18.2. The number of carbonyl (C=O) groups is 1. The van der Waals surface area contributed by atoms with Crippen LogP contribution in [0.4, 0.5) is 0 Å². The Morgan fingerprint density at radius 3 is 1.19 bits per heavy atom. The van der Waals surface area contributed by atoms with E-state index in [1.807, 2.05) is 6.08 Å². The number of aliphatic hydroxyl groups is 11. The summed E-state index contributed by atoms with van der Waals surface area (Å²) in [6, 6.07) is -1.000. The van der Waals surface area contributed by atoms with Crippen molar-refractivity contribution in [1.82, 2.24) is 5.32 Å². The van der Waals surface area contributed by atoms with Gasteiger partial charge in [0.1, 0.15) is 73.2 Å². The Hall–Kier alpha value is -2.77. The van der Waals surface area contributed by atoms with Crippen molar-refractivity contribution in [2.45, 2.75) is 369 Å². The number of ether oxygens (including phenoxy) is 6. The van der Waals surface area contributed by atoms with Crippen LogP contribution in [0.15, 0.2) is 72.9 Å². The van der Waals surface area contributed by atoms with Gasteiger partial charge in [-0.15, -0.1) is 0 Å². The van der Waals surface area contributed by atoms with Gasteiger partial charge in [0.05, 0.1) is 38.6 Å². The molecule has 0 aromatic rings. The van der Waals surface area contributed by atoms with Crippen LogP contribution in [0.3, 0.4) is 0 Å². The van der Waals surface area contributed by atoms with Crippen molar-refractivity contribution in [3.8, 4) is 0 Å². The second-order valence-corrected chi connectivity index (χ2v) is 26.4. The molecule has 0 radical (unpaired) electrons. The molecule has 0 spiro atoms. The highest BCUT2D eigenvalue weighted by Crippen LogP contribution is 2.33. The molecule has 17 atom stereocenters. The van der Waals surface area contributed by atoms with Crippen molar-refractivity contribution in [2.75, 3.05) is 26.4 Å². The number of aliphatic hydroxyl groups excluding tert-OH is 11. The summed E-state index contributed by atoms with van der Waals surface area (Å²) in [5.41, 5.74) is 0. The number of hydrogen-bond acceptors (Lipinski definition) is 18. The molecule has 12 N–H and O–H groups in total. The van der Waals surface area contributed by atoms with E-state index in [0.717, 1.165) is 77.0 Å². The molecule has 546 valence electrons. The molecule has 3 aliphatic heterocycles. The molecule has 1 amide bonds. The molecule has 0 aliphatic carbocycles. The van der Waals surface area contributed by atoms with E-state index in [1.165, 1.54) is 154 Å². The number of nitrogens with one attached hydrogen (secondary N) is 1. The Labute approximate surface area is 566 Å². The minimum Gasteiger partial charge on any atom is -0.394 e. The van der Waals surface area contributed by atoms with Gasteiger partial charge in [0.2, 0.25) is 5.91 Å². The maximum Gasteiger partial charge on any atom is 0.220 e. The molecule has 0 bridgehead atoms. The van der Waals surface area contributed by atoms with Crippen molar-refractivity contribution in [3.05, 3.63) is 72.9 Å². The van der Waals surface area contributed by atoms with Crippen LogP contribution in [-0.2, 0) is 33.2 Å². The van der Waals surface area contributed by atoms with Gasteiger partial charge in [-0.1, -0.05) is 260 Å². The fraction of sp³-hybridized carbons (Fsp3) is 0.827. The molecule has 3 rings (SSSR count). The summed E-state index contributed by atoms with van der Waals surface area (Å²) in [7, 11) is 0. The first-order chi connectivity index (χ1) is 45.8. The second-order valence-electron chi connectivity index (χ2n) is 26.4. The molecule has 0 aromatic heterocycles. The first kappa shape index (κ1) is 85.5. The summed E-state index contributed by atoms with van der Waals surface area (Å²) in [6.45, 7) is 1.61. The van der Waals surface area contributed by atoms with Crippen LogP contribution in [0.5, 0.6) is 0 Å². The normalized spacial score (nSPS) is 27.8. The second kappa shape index (κ2) is 56.0. The Kier molecular flexibility index (Phi) is 50.9. The van der Waals surface area contributed by atoms with Gasteiger partial charge in [0.25, 0.3) is 0 Å². The summed E-state index contributed by atoms with van der Waals surface area (Å²) >= 11 is 0. The van der Waals surface area contributed by atoms with E-state index >= 15 is 0 Å². The average Bonchev–Trinajstić information content (AvgIpc) is 0.787. The largest absolute Gasteiger partial charge is 0.394 e. The van der Waals surface area contributed by atoms with E-state index in [2.05, 4.69) is 79.9 Å². The zero-order valence-corrected chi connectivity index (χ0v) is 57.9. The predicted molar refractivity (Wildman–Crippen MR) is 369 cm³/mol. The molecular formula is C75H133NO18. The first-order valence-electron chi connectivity index (χ1n) is 37.2. The number of rotatable bonds is 57. The average molecular weight is 1340 g/mol. The quantitative estimate of drug-likeness (QED) is 0.0199. The highest BCUT2D eigenvalue weighted by atomic mass is 16.8. The lowest BCUT2D eigenvalue weighted by atomic mass is 9.96. The summed E-state index contributed by atoms with van der Waals surface area (Å²) < 4.78 is 34.4. The van der Waals surface area contributed by atoms with Crippen LogP contribution in [0.2, 0.25) is 0 Å². The molecule has 3 aliphatic rings. The third-order valence-electron chi connectivity index (χ3n) is 18.2. The van der Waals surface area contributed by atoms with Gasteiger partial charge in [0.15, 0.2) is 18.9 Å². The minimum absolute atomic E-state index is 0.223. The molecule has 3 heterocycles. The molecule has 94 heavy (non-hydrogen) atoms. The maximum absolute atomic E-state index is 13.4. The summed E-state index contributed by atoms with van der Waals surface area (Å²) in [6.07, 6.45) is 44.6. The van der Waals surface area contributed by atoms with Crippen LogP contribution in [0.1, 0.15) is 264 Å². The molecule has 3 saturated heterocycles. The fourth-order valence-corrected chi connectivity index (χ4v) is 12.3. The highest BCUT2D eigenvalue weighted by Gasteiger charge is 2.53. The zero-order chi connectivity index (χ0) is 68.2. The maximum atomic E-state index is 13.4. The Bertz CT molecular complexity index is 1980. The summed E-state index contributed by atoms with van der Waals surface area (Å²) in [5.74, 6) is -0.294. The van der Waals surface area contributed by atoms with Crippen molar-refractivity contribution < 1.29 is 89.4 Å². The fourth-order valence-electron chi connectivity index (χ4n) is 12.3. The van der Waals surface area contributed by atoms with Gasteiger partial charge in [0, 0.05) is 6.42 Å². The molecule has 17 unspecified atom stereocenters. The van der Waals surface area contributed by atoms with Crippen molar-refractivity contribution >= 4 is 5.91 Å². The van der Waals surface area contributed by atoms with Gasteiger partial charge in [-0.05, 0) is 70.6 Å². The van der Waals surface area contributed by atoms with Gasteiger partial charge in [-0.3, -0.25) is 4.79 Å². The van der Waals surface area contributed by atoms with Crippen LogP contribution in [0.25, 0.3) is 0 Å². The lowest BCUT2D eigenvalue weighted by Gasteiger charge is -2.48. The molecule has 3 fully saturated rings. The number of amides is 1. The molecule has 0 aromatic carbocycles. The SMILES string of the molecule is CC/C=C\C/C=C\C/C=C\C/C=C\CCCCCCCCCCC(=O)NC(COC1OC(CO)C(OC2OC(CO)C(OC3OC(CO)C(O)C(O)C3O)C(O)C2O)C(O)C1O)C(O)/C=C/CC/C=C/CCCCCCCCCCCCCCCCCCCCCCCC. The monoisotopic (exact) mass is 1340 g/mol. The van der Waals surface area contributed by atoms with Crippen molar-refractivity contribution in [3.63, 3.8) is 0 Å². The Morgan fingerprint density at radius 1 is 0.394 bits per heavy atom. The number of allylic oxidation sites excluding steroid dienone is 11. The Balaban J connectivity index is 1.43. The predicted octanol–water partition coefficient (Wildman–Crippen LogP) is 10.9. The lowest BCUT2D eigenvalue weighted by molar-refractivity contribution is -0.379. The smallest absolute Gasteiger partial charge is 0.220 e. The van der Waals surface area contributed by atoms with E-state index in [1.54, 1.807) is 6.08 Å². The summed E-state index contributed by atoms with van der Waals surface area (Å²) in [4.78, 5) is 13.4. The zero-order valence-electron chi connectivity index (χ0n) is 57.9. The molecule has 19 nitrogen and oxygen atoms in total. The van der Waals surface area contributed by atoms with Crippen LogP contribution < -0.4 is 5.32 Å². The van der Waals surface area contributed by atoms with Crippen LogP contribution in [0, 0.1) is 0 Å². The van der Waals surface area contributed by atoms with Gasteiger partial charge in [-0.2, -0.15) is 0 Å². The topological polar surface area (TPSA) is 307 Å². The van der Waals surface area contributed by atoms with E-state index in [0.29, 0.717) is 12.8 Å². The van der Waals surface area contributed by atoms with Crippen molar-refractivity contribution in [2.24, 2.45) is 0 Å². The molecule has 0 saturated carbocycles. The summed E-state index contributed by atoms with van der Waals surface area (Å²) in [5, 5.41) is 121.